The van der Waals surface area contributed by atoms with Crippen molar-refractivity contribution in [3.8, 4) is 0 Å². The average molecular weight is 361 g/mol. The lowest BCUT2D eigenvalue weighted by atomic mass is 9.94. The maximum Gasteiger partial charge on any atom is 0.101 e. The molecule has 0 radical (unpaired) electrons. The molecule has 0 bridgehead atoms. The Morgan fingerprint density at radius 3 is 2.62 bits per heavy atom. The van der Waals surface area contributed by atoms with Crippen molar-refractivity contribution in [3.63, 3.8) is 0 Å². The summed E-state index contributed by atoms with van der Waals surface area (Å²) in [6, 6.07) is 8.93. The Balaban J connectivity index is 1.72. The van der Waals surface area contributed by atoms with Gasteiger partial charge in [-0.15, -0.1) is 23.4 Å². The fraction of sp³-hybridized carbons (Fsp3) is 0.400. The summed E-state index contributed by atoms with van der Waals surface area (Å²) in [7, 11) is 0. The van der Waals surface area contributed by atoms with Crippen LogP contribution < -0.4 is 5.73 Å². The number of nitrogens with two attached hydrogens (primary N) is 1. The molecule has 0 saturated carbocycles. The highest BCUT2D eigenvalue weighted by atomic mass is 35.5. The normalized spacial score (nSPS) is 23.1. The zero-order chi connectivity index (χ0) is 17.3. The Labute approximate surface area is 154 Å². The number of rotatable bonds is 6. The Morgan fingerprint density at radius 1 is 1.33 bits per heavy atom. The van der Waals surface area contributed by atoms with Crippen LogP contribution in [0, 0.1) is 0 Å². The van der Waals surface area contributed by atoms with Gasteiger partial charge in [0.25, 0.3) is 0 Å². The third-order valence-electron chi connectivity index (χ3n) is 4.90. The Hall–Kier alpha value is -1.16. The van der Waals surface area contributed by atoms with Gasteiger partial charge in [-0.2, -0.15) is 0 Å². The molecule has 0 spiro atoms. The largest absolute Gasteiger partial charge is 0.329 e. The van der Waals surface area contributed by atoms with E-state index in [1.54, 1.807) is 0 Å². The second-order valence-corrected chi connectivity index (χ2v) is 7.82. The van der Waals surface area contributed by atoms with Crippen molar-refractivity contribution >= 4 is 23.4 Å². The van der Waals surface area contributed by atoms with Crippen LogP contribution >= 0.6 is 23.4 Å². The number of halogens is 1. The number of allylic oxidation sites excluding steroid dienone is 1. The molecule has 3 rings (SSSR count). The van der Waals surface area contributed by atoms with Crippen molar-refractivity contribution < 1.29 is 0 Å². The number of thioether (sulfide) groups is 1. The van der Waals surface area contributed by atoms with Crippen molar-refractivity contribution in [1.82, 2.24) is 4.90 Å². The molecule has 1 fully saturated rings. The van der Waals surface area contributed by atoms with Crippen molar-refractivity contribution in [1.29, 1.82) is 0 Å². The first kappa shape index (κ1) is 17.7. The molecule has 2 N–H and O–H groups in total. The van der Waals surface area contributed by atoms with Gasteiger partial charge >= 0.3 is 0 Å². The summed E-state index contributed by atoms with van der Waals surface area (Å²) >= 11 is 8.04. The van der Waals surface area contributed by atoms with Gasteiger partial charge in [-0.05, 0) is 41.5 Å². The van der Waals surface area contributed by atoms with Gasteiger partial charge in [-0.25, -0.2) is 0 Å². The van der Waals surface area contributed by atoms with Crippen LogP contribution in [0.2, 0.25) is 0 Å². The van der Waals surface area contributed by atoms with Gasteiger partial charge in [0.15, 0.2) is 0 Å². The highest BCUT2D eigenvalue weighted by molar-refractivity contribution is 8.00. The minimum absolute atomic E-state index is 0.0521. The monoisotopic (exact) mass is 360 g/mol. The van der Waals surface area contributed by atoms with E-state index in [4.69, 9.17) is 17.3 Å². The molecule has 0 aliphatic carbocycles. The van der Waals surface area contributed by atoms with Crippen LogP contribution in [0.4, 0.5) is 0 Å². The smallest absolute Gasteiger partial charge is 0.101 e. The molecular weight excluding hydrogens is 336 g/mol. The fourth-order valence-corrected chi connectivity index (χ4v) is 5.02. The molecule has 1 aromatic carbocycles. The first-order valence-electron chi connectivity index (χ1n) is 8.46. The summed E-state index contributed by atoms with van der Waals surface area (Å²) in [6.07, 6.45) is 3.00. The maximum absolute atomic E-state index is 6.19. The van der Waals surface area contributed by atoms with E-state index in [0.717, 1.165) is 36.3 Å². The second kappa shape index (κ2) is 7.38. The molecule has 2 atom stereocenters. The molecule has 1 aromatic rings. The molecule has 2 heterocycles. The van der Waals surface area contributed by atoms with E-state index >= 15 is 0 Å². The number of hydrogen-bond donors (Lipinski definition) is 1. The lowest BCUT2D eigenvalue weighted by molar-refractivity contribution is 0.251. The summed E-state index contributed by atoms with van der Waals surface area (Å²) in [5.74, 6) is 1.48. The molecule has 2 unspecified atom stereocenters. The number of nitrogens with zero attached hydrogens (tertiary/aromatic N) is 1. The van der Waals surface area contributed by atoms with Gasteiger partial charge in [0.05, 0.1) is 6.04 Å². The Kier molecular flexibility index (Phi) is 5.43. The molecule has 2 nitrogen and oxygen atoms in total. The minimum atomic E-state index is 0.0521. The van der Waals surface area contributed by atoms with Crippen molar-refractivity contribution in [2.24, 2.45) is 5.73 Å². The van der Waals surface area contributed by atoms with Crippen LogP contribution in [-0.2, 0) is 12.8 Å². The predicted molar refractivity (Wildman–Crippen MR) is 106 cm³/mol. The molecule has 0 aromatic heterocycles. The molecule has 4 heteroatoms. The molecular formula is C20H25ClN2S. The van der Waals surface area contributed by atoms with Crippen LogP contribution in [0.15, 0.2) is 60.0 Å². The summed E-state index contributed by atoms with van der Waals surface area (Å²) in [4.78, 5) is 2.25. The van der Waals surface area contributed by atoms with Crippen LogP contribution in [0.25, 0.3) is 0 Å². The summed E-state index contributed by atoms with van der Waals surface area (Å²) < 4.78 is 0. The lowest BCUT2D eigenvalue weighted by Gasteiger charge is -2.53. The third kappa shape index (κ3) is 3.17. The predicted octanol–water partition coefficient (Wildman–Crippen LogP) is 4.46. The van der Waals surface area contributed by atoms with E-state index in [-0.39, 0.29) is 6.04 Å². The first-order chi connectivity index (χ1) is 11.6. The van der Waals surface area contributed by atoms with Crippen molar-refractivity contribution in [2.75, 3.05) is 11.6 Å². The number of hydrogen-bond acceptors (Lipinski definition) is 3. The van der Waals surface area contributed by atoms with E-state index in [2.05, 4.69) is 49.2 Å². The molecule has 2 aliphatic heterocycles. The summed E-state index contributed by atoms with van der Waals surface area (Å²) in [5, 5.41) is 0.292. The van der Waals surface area contributed by atoms with E-state index in [1.807, 2.05) is 11.8 Å². The van der Waals surface area contributed by atoms with E-state index in [1.165, 1.54) is 22.4 Å². The Bertz CT molecular complexity index is 677. The SMILES string of the molecule is C=C(CCc1ccc(CC)cc1)C1=C(CCl)CSC2C(N)C(=C)N12. The number of aryl methyl sites for hydroxylation is 2. The Morgan fingerprint density at radius 2 is 2.00 bits per heavy atom. The summed E-state index contributed by atoms with van der Waals surface area (Å²) in [6.45, 7) is 10.7. The highest BCUT2D eigenvalue weighted by Gasteiger charge is 2.45. The second-order valence-electron chi connectivity index (χ2n) is 6.45. The van der Waals surface area contributed by atoms with Gasteiger partial charge in [0.1, 0.15) is 5.37 Å². The van der Waals surface area contributed by atoms with Gasteiger partial charge in [-0.3, -0.25) is 0 Å². The standard InChI is InChI=1S/C20H25ClN2S/c1-4-15-7-9-16(10-8-15)6-5-13(2)19-17(11-21)12-24-20-18(22)14(3)23(19)20/h7-10,18,20H,2-6,11-12,22H2,1H3. The zero-order valence-electron chi connectivity index (χ0n) is 14.2. The summed E-state index contributed by atoms with van der Waals surface area (Å²) in [5.41, 5.74) is 13.5. The first-order valence-corrected chi connectivity index (χ1v) is 10.0. The van der Waals surface area contributed by atoms with Crippen LogP contribution in [-0.4, -0.2) is 27.9 Å². The fourth-order valence-electron chi connectivity index (χ4n) is 3.32. The van der Waals surface area contributed by atoms with Crippen molar-refractivity contribution in [3.05, 3.63) is 71.1 Å². The van der Waals surface area contributed by atoms with E-state index < -0.39 is 0 Å². The van der Waals surface area contributed by atoms with Crippen molar-refractivity contribution in [2.45, 2.75) is 37.6 Å². The van der Waals surface area contributed by atoms with Gasteiger partial charge in [0, 0.05) is 23.0 Å². The lowest BCUT2D eigenvalue weighted by Crippen LogP contribution is -2.61. The number of benzene rings is 1. The zero-order valence-corrected chi connectivity index (χ0v) is 15.8. The molecule has 24 heavy (non-hydrogen) atoms. The maximum atomic E-state index is 6.19. The van der Waals surface area contributed by atoms with Gasteiger partial charge < -0.3 is 10.6 Å². The third-order valence-corrected chi connectivity index (χ3v) is 6.59. The van der Waals surface area contributed by atoms with Crippen LogP contribution in [0.1, 0.15) is 24.5 Å². The quantitative estimate of drug-likeness (QED) is 0.759. The highest BCUT2D eigenvalue weighted by Crippen LogP contribution is 2.46. The van der Waals surface area contributed by atoms with Gasteiger partial charge in [0.2, 0.25) is 0 Å². The molecule has 1 saturated heterocycles. The van der Waals surface area contributed by atoms with Crippen LogP contribution in [0.3, 0.4) is 0 Å². The topological polar surface area (TPSA) is 29.3 Å². The molecule has 128 valence electrons. The van der Waals surface area contributed by atoms with Crippen LogP contribution in [0.5, 0.6) is 0 Å². The number of fused-ring (bicyclic) bond motifs is 1. The average Bonchev–Trinajstić information content (AvgIpc) is 2.64. The minimum Gasteiger partial charge on any atom is -0.329 e. The number of alkyl halides is 1. The van der Waals surface area contributed by atoms with E-state index in [9.17, 15) is 0 Å². The van der Waals surface area contributed by atoms with Gasteiger partial charge in [-0.1, -0.05) is 44.3 Å². The van der Waals surface area contributed by atoms with E-state index in [0.29, 0.717) is 11.3 Å². The molecule has 2 aliphatic rings. The molecule has 0 amide bonds.